The molecule has 9 nitrogen and oxygen atoms in total. The zero-order valence-electron chi connectivity index (χ0n) is 15.9. The Morgan fingerprint density at radius 2 is 2.31 bits per heavy atom. The van der Waals surface area contributed by atoms with Gasteiger partial charge in [-0.3, -0.25) is 0 Å². The lowest BCUT2D eigenvalue weighted by atomic mass is 10.1. The number of guanidine groups is 1. The molecule has 154 valence electrons. The number of benzene rings is 1. The zero-order valence-corrected chi connectivity index (χ0v) is 19.0. The summed E-state index contributed by atoms with van der Waals surface area (Å²) < 4.78 is 7.25. The maximum Gasteiger partial charge on any atom is 0.248 e. The molecular weight excluding hydrogens is 507 g/mol. The van der Waals surface area contributed by atoms with E-state index < -0.39 is 0 Å². The summed E-state index contributed by atoms with van der Waals surface area (Å²) in [4.78, 5) is 13.2. The number of halogens is 2. The maximum atomic E-state index is 6.02. The highest BCUT2D eigenvalue weighted by atomic mass is 127. The van der Waals surface area contributed by atoms with Crippen LogP contribution in [-0.2, 0) is 19.5 Å². The van der Waals surface area contributed by atoms with E-state index in [2.05, 4.69) is 35.8 Å². The third-order valence-electron chi connectivity index (χ3n) is 4.41. The van der Waals surface area contributed by atoms with Crippen LogP contribution in [0.15, 0.2) is 40.1 Å². The predicted octanol–water partition coefficient (Wildman–Crippen LogP) is 2.67. The average molecular weight is 529 g/mol. The van der Waals surface area contributed by atoms with Gasteiger partial charge in [0.05, 0.1) is 6.54 Å². The van der Waals surface area contributed by atoms with Crippen LogP contribution in [-0.4, -0.2) is 43.5 Å². The molecule has 0 aliphatic carbocycles. The van der Waals surface area contributed by atoms with Crippen molar-refractivity contribution in [3.63, 3.8) is 0 Å². The van der Waals surface area contributed by atoms with Crippen molar-refractivity contribution in [1.82, 2.24) is 35.5 Å². The van der Waals surface area contributed by atoms with E-state index in [1.807, 2.05) is 23.7 Å². The second kappa shape index (κ2) is 10.0. The van der Waals surface area contributed by atoms with Crippen LogP contribution in [0.1, 0.15) is 25.1 Å². The quantitative estimate of drug-likeness (QED) is 0.298. The van der Waals surface area contributed by atoms with E-state index in [1.54, 1.807) is 18.5 Å². The summed E-state index contributed by atoms with van der Waals surface area (Å²) in [5.41, 5.74) is 0.808. The molecule has 0 amide bonds. The largest absolute Gasteiger partial charge is 0.357 e. The first-order valence-electron chi connectivity index (χ1n) is 9.21. The lowest BCUT2D eigenvalue weighted by Crippen LogP contribution is -2.47. The molecule has 0 saturated heterocycles. The van der Waals surface area contributed by atoms with Crippen molar-refractivity contribution in [3.8, 4) is 11.4 Å². The topological polar surface area (TPSA) is 106 Å². The molecular formula is C18H22ClIN8O. The molecule has 0 saturated carbocycles. The van der Waals surface area contributed by atoms with Crippen LogP contribution in [0.2, 0.25) is 5.02 Å². The third kappa shape index (κ3) is 5.44. The second-order valence-electron chi connectivity index (χ2n) is 6.46. The Morgan fingerprint density at radius 1 is 1.41 bits per heavy atom. The van der Waals surface area contributed by atoms with E-state index >= 15 is 0 Å². The van der Waals surface area contributed by atoms with Crippen molar-refractivity contribution >= 4 is 41.5 Å². The molecule has 3 aromatic rings. The molecule has 0 bridgehead atoms. The number of aryl methyl sites for hydroxylation is 1. The fourth-order valence-corrected chi connectivity index (χ4v) is 3.27. The molecule has 0 fully saturated rings. The minimum atomic E-state index is 0. The number of aromatic nitrogens is 5. The van der Waals surface area contributed by atoms with Gasteiger partial charge in [0.2, 0.25) is 11.7 Å². The van der Waals surface area contributed by atoms with Crippen molar-refractivity contribution < 1.29 is 4.52 Å². The number of aliphatic imine (C=N–C) groups is 1. The fourth-order valence-electron chi connectivity index (χ4n) is 3.08. The number of rotatable bonds is 5. The molecule has 1 aliphatic heterocycles. The Kier molecular flexibility index (Phi) is 7.42. The van der Waals surface area contributed by atoms with Crippen LogP contribution < -0.4 is 10.6 Å². The Balaban J connectivity index is 0.00000240. The van der Waals surface area contributed by atoms with E-state index in [-0.39, 0.29) is 36.6 Å². The average Bonchev–Trinajstić information content (AvgIpc) is 3.35. The number of hydrogen-bond acceptors (Lipinski definition) is 6. The molecule has 29 heavy (non-hydrogen) atoms. The highest BCUT2D eigenvalue weighted by Crippen LogP contribution is 2.20. The minimum absolute atomic E-state index is 0. The first-order chi connectivity index (χ1) is 13.7. The number of nitrogens with one attached hydrogen (secondary N) is 2. The fraction of sp³-hybridized carbons (Fsp3) is 0.389. The van der Waals surface area contributed by atoms with Crippen molar-refractivity contribution in [2.45, 2.75) is 38.9 Å². The summed E-state index contributed by atoms with van der Waals surface area (Å²) in [7, 11) is 0. The lowest BCUT2D eigenvalue weighted by Gasteiger charge is -2.25. The molecule has 2 aromatic heterocycles. The van der Waals surface area contributed by atoms with Crippen molar-refractivity contribution in [1.29, 1.82) is 0 Å². The summed E-state index contributed by atoms with van der Waals surface area (Å²) in [5.74, 6) is 2.67. The van der Waals surface area contributed by atoms with Crippen LogP contribution in [0.4, 0.5) is 0 Å². The third-order valence-corrected chi connectivity index (χ3v) is 4.65. The Morgan fingerprint density at radius 3 is 3.14 bits per heavy atom. The standard InChI is InChI=1S/C18H21ClN8O.HI/c1-2-20-18(24-14-6-7-15-22-11-23-27(15)10-14)21-9-16-25-17(26-28-16)12-4-3-5-13(19)8-12;/h3-5,8,11,14H,2,6-7,9-10H2,1H3,(H2,20,21,24);1H. The molecule has 0 radical (unpaired) electrons. The first-order valence-corrected chi connectivity index (χ1v) is 9.59. The normalized spacial score (nSPS) is 16.1. The molecule has 3 heterocycles. The second-order valence-corrected chi connectivity index (χ2v) is 6.89. The van der Waals surface area contributed by atoms with Gasteiger partial charge in [-0.05, 0) is 25.5 Å². The van der Waals surface area contributed by atoms with E-state index in [0.29, 0.717) is 22.7 Å². The van der Waals surface area contributed by atoms with Crippen LogP contribution >= 0.6 is 35.6 Å². The summed E-state index contributed by atoms with van der Waals surface area (Å²) in [6, 6.07) is 7.57. The SMILES string of the molecule is CCNC(=NCc1nc(-c2cccc(Cl)c2)no1)NC1CCc2ncnn2C1.I. The number of fused-ring (bicyclic) bond motifs is 1. The summed E-state index contributed by atoms with van der Waals surface area (Å²) >= 11 is 6.02. The Hall–Kier alpha value is -2.21. The van der Waals surface area contributed by atoms with Crippen LogP contribution in [0.3, 0.4) is 0 Å². The molecule has 4 rings (SSSR count). The summed E-state index contributed by atoms with van der Waals surface area (Å²) in [6.07, 6.45) is 3.47. The van der Waals surface area contributed by atoms with Gasteiger partial charge in [-0.2, -0.15) is 10.1 Å². The van der Waals surface area contributed by atoms with E-state index in [0.717, 1.165) is 37.3 Å². The van der Waals surface area contributed by atoms with Crippen LogP contribution in [0, 0.1) is 0 Å². The molecule has 11 heteroatoms. The smallest absolute Gasteiger partial charge is 0.248 e. The van der Waals surface area contributed by atoms with Gasteiger partial charge in [0.15, 0.2) is 5.96 Å². The van der Waals surface area contributed by atoms with E-state index in [4.69, 9.17) is 16.1 Å². The molecule has 2 N–H and O–H groups in total. The molecule has 1 atom stereocenters. The van der Waals surface area contributed by atoms with Gasteiger partial charge in [-0.25, -0.2) is 14.7 Å². The molecule has 1 unspecified atom stereocenters. The highest BCUT2D eigenvalue weighted by molar-refractivity contribution is 14.0. The van der Waals surface area contributed by atoms with Gasteiger partial charge >= 0.3 is 0 Å². The van der Waals surface area contributed by atoms with Crippen molar-refractivity contribution in [2.24, 2.45) is 4.99 Å². The molecule has 0 spiro atoms. The van der Waals surface area contributed by atoms with Crippen LogP contribution in [0.5, 0.6) is 0 Å². The number of hydrogen-bond donors (Lipinski definition) is 2. The maximum absolute atomic E-state index is 6.02. The minimum Gasteiger partial charge on any atom is -0.357 e. The lowest BCUT2D eigenvalue weighted by molar-refractivity contribution is 0.378. The van der Waals surface area contributed by atoms with Gasteiger partial charge in [0.1, 0.15) is 18.7 Å². The summed E-state index contributed by atoms with van der Waals surface area (Å²) in [6.45, 7) is 3.83. The number of nitrogens with zero attached hydrogens (tertiary/aromatic N) is 6. The molecule has 1 aliphatic rings. The Labute approximate surface area is 190 Å². The summed E-state index contributed by atoms with van der Waals surface area (Å²) in [5, 5.41) is 15.6. The van der Waals surface area contributed by atoms with Gasteiger partial charge in [0.25, 0.3) is 0 Å². The van der Waals surface area contributed by atoms with E-state index in [1.165, 1.54) is 0 Å². The van der Waals surface area contributed by atoms with Gasteiger partial charge in [-0.1, -0.05) is 28.9 Å². The van der Waals surface area contributed by atoms with Crippen LogP contribution in [0.25, 0.3) is 11.4 Å². The van der Waals surface area contributed by atoms with Crippen molar-refractivity contribution in [2.75, 3.05) is 6.54 Å². The Bertz CT molecular complexity index is 972. The van der Waals surface area contributed by atoms with Gasteiger partial charge in [-0.15, -0.1) is 24.0 Å². The first kappa shape index (κ1) is 21.5. The molecule has 1 aromatic carbocycles. The predicted molar refractivity (Wildman–Crippen MR) is 120 cm³/mol. The monoisotopic (exact) mass is 528 g/mol. The van der Waals surface area contributed by atoms with Gasteiger partial charge in [0, 0.05) is 29.6 Å². The van der Waals surface area contributed by atoms with Crippen molar-refractivity contribution in [3.05, 3.63) is 47.3 Å². The zero-order chi connectivity index (χ0) is 19.3. The van der Waals surface area contributed by atoms with Gasteiger partial charge < -0.3 is 15.2 Å². The highest BCUT2D eigenvalue weighted by Gasteiger charge is 2.20. The van der Waals surface area contributed by atoms with E-state index in [9.17, 15) is 0 Å².